The SMILES string of the molecule is CN(C(=O)C1CCNC1)C1COCC1C(=O)O. The number of nitrogens with zero attached hydrogens (tertiary/aromatic N) is 1. The maximum atomic E-state index is 12.1. The van der Waals surface area contributed by atoms with Gasteiger partial charge in [-0.1, -0.05) is 0 Å². The van der Waals surface area contributed by atoms with Crippen molar-refractivity contribution in [3.63, 3.8) is 0 Å². The van der Waals surface area contributed by atoms with E-state index in [1.165, 1.54) is 0 Å². The van der Waals surface area contributed by atoms with E-state index in [-0.39, 0.29) is 24.5 Å². The highest BCUT2D eigenvalue weighted by Crippen LogP contribution is 2.22. The third-order valence-corrected chi connectivity index (χ3v) is 3.62. The quantitative estimate of drug-likeness (QED) is 0.674. The van der Waals surface area contributed by atoms with Crippen molar-refractivity contribution < 1.29 is 19.4 Å². The van der Waals surface area contributed by atoms with Gasteiger partial charge in [-0.15, -0.1) is 0 Å². The van der Waals surface area contributed by atoms with E-state index >= 15 is 0 Å². The number of hydrogen-bond donors (Lipinski definition) is 2. The third-order valence-electron chi connectivity index (χ3n) is 3.62. The summed E-state index contributed by atoms with van der Waals surface area (Å²) in [5, 5.41) is 12.2. The first-order valence-electron chi connectivity index (χ1n) is 5.89. The molecule has 0 aromatic heterocycles. The molecule has 6 nitrogen and oxygen atoms in total. The monoisotopic (exact) mass is 242 g/mol. The first-order chi connectivity index (χ1) is 8.11. The second-order valence-corrected chi connectivity index (χ2v) is 4.69. The molecule has 2 aliphatic rings. The molecule has 2 rings (SSSR count). The van der Waals surface area contributed by atoms with Crippen molar-refractivity contribution in [2.75, 3.05) is 33.4 Å². The van der Waals surface area contributed by atoms with Crippen LogP contribution in [0.2, 0.25) is 0 Å². The number of carboxylic acids is 1. The van der Waals surface area contributed by atoms with Gasteiger partial charge in [0.15, 0.2) is 0 Å². The molecule has 2 N–H and O–H groups in total. The number of rotatable bonds is 3. The molecular formula is C11H18N2O4. The van der Waals surface area contributed by atoms with Crippen LogP contribution in [0, 0.1) is 11.8 Å². The second kappa shape index (κ2) is 5.01. The van der Waals surface area contributed by atoms with Crippen LogP contribution in [0.5, 0.6) is 0 Å². The van der Waals surface area contributed by atoms with Crippen molar-refractivity contribution in [3.8, 4) is 0 Å². The number of nitrogens with one attached hydrogen (secondary N) is 1. The maximum absolute atomic E-state index is 12.1. The molecule has 17 heavy (non-hydrogen) atoms. The van der Waals surface area contributed by atoms with Crippen LogP contribution in [0.1, 0.15) is 6.42 Å². The summed E-state index contributed by atoms with van der Waals surface area (Å²) in [5.41, 5.74) is 0. The first kappa shape index (κ1) is 12.3. The molecular weight excluding hydrogens is 224 g/mol. The minimum absolute atomic E-state index is 0.0185. The lowest BCUT2D eigenvalue weighted by molar-refractivity contribution is -0.145. The first-order valence-corrected chi connectivity index (χ1v) is 5.89. The predicted molar refractivity (Wildman–Crippen MR) is 59.5 cm³/mol. The molecule has 2 heterocycles. The van der Waals surface area contributed by atoms with Gasteiger partial charge in [0.2, 0.25) is 5.91 Å². The van der Waals surface area contributed by atoms with Crippen LogP contribution in [0.4, 0.5) is 0 Å². The molecule has 2 aliphatic heterocycles. The highest BCUT2D eigenvalue weighted by Gasteiger charge is 2.40. The van der Waals surface area contributed by atoms with E-state index in [9.17, 15) is 9.59 Å². The molecule has 0 aromatic carbocycles. The zero-order valence-corrected chi connectivity index (χ0v) is 9.89. The van der Waals surface area contributed by atoms with Crippen LogP contribution in [0.3, 0.4) is 0 Å². The Kier molecular flexibility index (Phi) is 3.63. The Labute approximate surface area is 99.9 Å². The van der Waals surface area contributed by atoms with Crippen molar-refractivity contribution in [1.29, 1.82) is 0 Å². The van der Waals surface area contributed by atoms with Crippen molar-refractivity contribution in [3.05, 3.63) is 0 Å². The van der Waals surface area contributed by atoms with Gasteiger partial charge in [-0.25, -0.2) is 0 Å². The number of ether oxygens (including phenoxy) is 1. The number of carbonyl (C=O) groups excluding carboxylic acids is 1. The lowest BCUT2D eigenvalue weighted by Gasteiger charge is -2.28. The van der Waals surface area contributed by atoms with E-state index in [0.29, 0.717) is 13.2 Å². The van der Waals surface area contributed by atoms with Gasteiger partial charge in [-0.2, -0.15) is 0 Å². The molecule has 6 heteroatoms. The number of carbonyl (C=O) groups is 2. The Morgan fingerprint density at radius 2 is 2.18 bits per heavy atom. The second-order valence-electron chi connectivity index (χ2n) is 4.69. The fraction of sp³-hybridized carbons (Fsp3) is 0.818. The zero-order chi connectivity index (χ0) is 12.4. The normalized spacial score (nSPS) is 32.6. The lowest BCUT2D eigenvalue weighted by Crippen LogP contribution is -2.46. The highest BCUT2D eigenvalue weighted by molar-refractivity contribution is 5.81. The molecule has 2 saturated heterocycles. The molecule has 2 fully saturated rings. The van der Waals surface area contributed by atoms with Crippen LogP contribution in [0.25, 0.3) is 0 Å². The minimum Gasteiger partial charge on any atom is -0.481 e. The van der Waals surface area contributed by atoms with Crippen molar-refractivity contribution in [2.45, 2.75) is 12.5 Å². The van der Waals surface area contributed by atoms with E-state index in [2.05, 4.69) is 5.32 Å². The Morgan fingerprint density at radius 3 is 2.76 bits per heavy atom. The van der Waals surface area contributed by atoms with E-state index in [1.54, 1.807) is 11.9 Å². The van der Waals surface area contributed by atoms with Crippen LogP contribution in [-0.2, 0) is 14.3 Å². The molecule has 0 spiro atoms. The van der Waals surface area contributed by atoms with Crippen molar-refractivity contribution in [1.82, 2.24) is 10.2 Å². The summed E-state index contributed by atoms with van der Waals surface area (Å²) in [6.07, 6.45) is 0.828. The molecule has 3 unspecified atom stereocenters. The van der Waals surface area contributed by atoms with E-state index in [4.69, 9.17) is 9.84 Å². The molecule has 0 aliphatic carbocycles. The van der Waals surface area contributed by atoms with Crippen LogP contribution < -0.4 is 5.32 Å². The van der Waals surface area contributed by atoms with E-state index in [0.717, 1.165) is 13.0 Å². The molecule has 0 saturated carbocycles. The van der Waals surface area contributed by atoms with Gasteiger partial charge < -0.3 is 20.1 Å². The Hall–Kier alpha value is -1.14. The average molecular weight is 242 g/mol. The van der Waals surface area contributed by atoms with E-state index < -0.39 is 11.9 Å². The largest absolute Gasteiger partial charge is 0.481 e. The van der Waals surface area contributed by atoms with Crippen molar-refractivity contribution >= 4 is 11.9 Å². The fourth-order valence-electron chi connectivity index (χ4n) is 2.48. The maximum Gasteiger partial charge on any atom is 0.311 e. The third kappa shape index (κ3) is 2.42. The predicted octanol–water partition coefficient (Wildman–Crippen LogP) is -0.846. The standard InChI is InChI=1S/C11H18N2O4/c1-13(10(14)7-2-3-12-4-7)9-6-17-5-8(9)11(15)16/h7-9,12H,2-6H2,1H3,(H,15,16). The summed E-state index contributed by atoms with van der Waals surface area (Å²) < 4.78 is 5.17. The summed E-state index contributed by atoms with van der Waals surface area (Å²) in [4.78, 5) is 24.7. The van der Waals surface area contributed by atoms with Crippen LogP contribution in [0.15, 0.2) is 0 Å². The van der Waals surface area contributed by atoms with E-state index in [1.807, 2.05) is 0 Å². The van der Waals surface area contributed by atoms with Gasteiger partial charge in [0.25, 0.3) is 0 Å². The van der Waals surface area contributed by atoms with Gasteiger partial charge in [0.1, 0.15) is 5.92 Å². The summed E-state index contributed by atoms with van der Waals surface area (Å²) >= 11 is 0. The molecule has 0 bridgehead atoms. The summed E-state index contributed by atoms with van der Waals surface area (Å²) in [7, 11) is 1.68. The Morgan fingerprint density at radius 1 is 1.41 bits per heavy atom. The van der Waals surface area contributed by atoms with Crippen LogP contribution in [-0.4, -0.2) is 61.3 Å². The van der Waals surface area contributed by atoms with Crippen LogP contribution >= 0.6 is 0 Å². The summed E-state index contributed by atoms with van der Waals surface area (Å²) in [5.74, 6) is -1.48. The van der Waals surface area contributed by atoms with Crippen molar-refractivity contribution in [2.24, 2.45) is 11.8 Å². The lowest BCUT2D eigenvalue weighted by atomic mass is 10.00. The number of carboxylic acid groups (broad SMARTS) is 1. The van der Waals surface area contributed by atoms with Gasteiger partial charge in [0, 0.05) is 13.6 Å². The number of hydrogen-bond acceptors (Lipinski definition) is 4. The number of amides is 1. The Balaban J connectivity index is 2.00. The fourth-order valence-corrected chi connectivity index (χ4v) is 2.48. The van der Waals surface area contributed by atoms with Gasteiger partial charge in [-0.3, -0.25) is 9.59 Å². The number of likely N-dealkylation sites (N-methyl/N-ethyl adjacent to an activating group) is 1. The summed E-state index contributed by atoms with van der Waals surface area (Å²) in [6, 6.07) is -0.333. The molecule has 1 amide bonds. The molecule has 0 aromatic rings. The smallest absolute Gasteiger partial charge is 0.311 e. The molecule has 3 atom stereocenters. The average Bonchev–Trinajstić information content (AvgIpc) is 2.97. The topological polar surface area (TPSA) is 78.9 Å². The van der Waals surface area contributed by atoms with Gasteiger partial charge in [0.05, 0.1) is 25.2 Å². The zero-order valence-electron chi connectivity index (χ0n) is 9.89. The summed E-state index contributed by atoms with van der Waals surface area (Å²) in [6.45, 7) is 2.06. The highest BCUT2D eigenvalue weighted by atomic mass is 16.5. The Bertz CT molecular complexity index is 315. The molecule has 96 valence electrons. The van der Waals surface area contributed by atoms with Gasteiger partial charge in [-0.05, 0) is 13.0 Å². The molecule has 0 radical (unpaired) electrons. The van der Waals surface area contributed by atoms with Gasteiger partial charge >= 0.3 is 5.97 Å². The number of aliphatic carboxylic acids is 1. The minimum atomic E-state index is -0.892.